The lowest BCUT2D eigenvalue weighted by Crippen LogP contribution is -2.34. The molecule has 4 rings (SSSR count). The number of carbonyl (C=O) groups is 1. The van der Waals surface area contributed by atoms with E-state index < -0.39 is 0 Å². The van der Waals surface area contributed by atoms with E-state index in [4.69, 9.17) is 4.74 Å². The van der Waals surface area contributed by atoms with Gasteiger partial charge in [-0.3, -0.25) is 14.8 Å². The molecular formula is C20H23N3O2. The number of para-hydroxylation sites is 1. The maximum Gasteiger partial charge on any atom is 0.260 e. The number of nitrogens with zero attached hydrogens (tertiary/aromatic N) is 3. The Balaban J connectivity index is 1.32. The van der Waals surface area contributed by atoms with E-state index in [1.54, 1.807) is 12.4 Å². The van der Waals surface area contributed by atoms with E-state index in [1.807, 2.05) is 41.4 Å². The number of fused-ring (bicyclic) bond motifs is 1. The molecule has 0 unspecified atom stereocenters. The first-order chi connectivity index (χ1) is 12.3. The van der Waals surface area contributed by atoms with Gasteiger partial charge >= 0.3 is 0 Å². The summed E-state index contributed by atoms with van der Waals surface area (Å²) in [7, 11) is 0. The SMILES string of the molecule is O=C(COc1ccccc1)N1C[C@H]2CC[C@H](Cc3cnccn3)[C@H]2C1. The summed E-state index contributed by atoms with van der Waals surface area (Å²) in [6, 6.07) is 9.52. The van der Waals surface area contributed by atoms with Gasteiger partial charge in [-0.05, 0) is 49.1 Å². The van der Waals surface area contributed by atoms with E-state index in [1.165, 1.54) is 12.8 Å². The Hall–Kier alpha value is -2.43. The average molecular weight is 337 g/mol. The fourth-order valence-corrected chi connectivity index (χ4v) is 4.29. The minimum Gasteiger partial charge on any atom is -0.484 e. The maximum atomic E-state index is 12.5. The van der Waals surface area contributed by atoms with E-state index in [9.17, 15) is 4.79 Å². The van der Waals surface area contributed by atoms with Crippen LogP contribution in [-0.4, -0.2) is 40.5 Å². The first-order valence-corrected chi connectivity index (χ1v) is 9.00. The van der Waals surface area contributed by atoms with Crippen molar-refractivity contribution < 1.29 is 9.53 Å². The van der Waals surface area contributed by atoms with Gasteiger partial charge in [0.15, 0.2) is 6.61 Å². The summed E-state index contributed by atoms with van der Waals surface area (Å²) in [5.74, 6) is 2.66. The molecule has 2 heterocycles. The second kappa shape index (κ2) is 7.21. The van der Waals surface area contributed by atoms with E-state index in [2.05, 4.69) is 9.97 Å². The number of likely N-dealkylation sites (tertiary alicyclic amines) is 1. The van der Waals surface area contributed by atoms with Crippen LogP contribution in [0.5, 0.6) is 5.75 Å². The molecule has 0 spiro atoms. The first-order valence-electron chi connectivity index (χ1n) is 9.00. The van der Waals surface area contributed by atoms with Gasteiger partial charge in [-0.15, -0.1) is 0 Å². The predicted molar refractivity (Wildman–Crippen MR) is 94.0 cm³/mol. The van der Waals surface area contributed by atoms with E-state index in [0.29, 0.717) is 17.8 Å². The van der Waals surface area contributed by atoms with Crippen LogP contribution in [0.4, 0.5) is 0 Å². The molecule has 1 aliphatic heterocycles. The topological polar surface area (TPSA) is 55.3 Å². The van der Waals surface area contributed by atoms with Crippen molar-refractivity contribution in [2.24, 2.45) is 17.8 Å². The van der Waals surface area contributed by atoms with Crippen molar-refractivity contribution in [1.82, 2.24) is 14.9 Å². The lowest BCUT2D eigenvalue weighted by atomic mass is 9.89. The van der Waals surface area contributed by atoms with Crippen LogP contribution in [0.2, 0.25) is 0 Å². The molecule has 1 aliphatic carbocycles. The highest BCUT2D eigenvalue weighted by molar-refractivity contribution is 5.78. The molecule has 3 atom stereocenters. The van der Waals surface area contributed by atoms with E-state index in [0.717, 1.165) is 31.0 Å². The number of ether oxygens (including phenoxy) is 1. The zero-order chi connectivity index (χ0) is 17.1. The van der Waals surface area contributed by atoms with Gasteiger partial charge in [-0.2, -0.15) is 0 Å². The van der Waals surface area contributed by atoms with Gasteiger partial charge in [0.2, 0.25) is 0 Å². The highest BCUT2D eigenvalue weighted by atomic mass is 16.5. The van der Waals surface area contributed by atoms with Crippen molar-refractivity contribution in [2.45, 2.75) is 19.3 Å². The third-order valence-corrected chi connectivity index (χ3v) is 5.55. The van der Waals surface area contributed by atoms with Gasteiger partial charge in [0.1, 0.15) is 5.75 Å². The fourth-order valence-electron chi connectivity index (χ4n) is 4.29. The van der Waals surface area contributed by atoms with Crippen molar-refractivity contribution in [2.75, 3.05) is 19.7 Å². The Morgan fingerprint density at radius 2 is 2.04 bits per heavy atom. The third-order valence-electron chi connectivity index (χ3n) is 5.55. The Labute approximate surface area is 148 Å². The van der Waals surface area contributed by atoms with Crippen molar-refractivity contribution in [3.05, 3.63) is 54.6 Å². The van der Waals surface area contributed by atoms with Crippen LogP contribution in [0.15, 0.2) is 48.9 Å². The smallest absolute Gasteiger partial charge is 0.260 e. The number of aromatic nitrogens is 2. The molecule has 1 amide bonds. The van der Waals surface area contributed by atoms with Gasteiger partial charge in [0, 0.05) is 31.7 Å². The predicted octanol–water partition coefficient (Wildman–Crippen LogP) is 2.58. The summed E-state index contributed by atoms with van der Waals surface area (Å²) < 4.78 is 5.62. The molecule has 1 saturated heterocycles. The lowest BCUT2D eigenvalue weighted by molar-refractivity contribution is -0.132. The molecule has 1 saturated carbocycles. The van der Waals surface area contributed by atoms with E-state index in [-0.39, 0.29) is 12.5 Å². The minimum atomic E-state index is 0.0940. The molecule has 1 aromatic heterocycles. The first kappa shape index (κ1) is 16.1. The van der Waals surface area contributed by atoms with Crippen molar-refractivity contribution in [3.8, 4) is 5.75 Å². The van der Waals surface area contributed by atoms with Crippen LogP contribution in [0.1, 0.15) is 18.5 Å². The van der Waals surface area contributed by atoms with Crippen LogP contribution in [0.3, 0.4) is 0 Å². The third kappa shape index (κ3) is 3.65. The summed E-state index contributed by atoms with van der Waals surface area (Å²) in [6.45, 7) is 1.85. The van der Waals surface area contributed by atoms with Gasteiger partial charge in [-0.1, -0.05) is 18.2 Å². The van der Waals surface area contributed by atoms with Crippen LogP contribution in [0, 0.1) is 17.8 Å². The number of benzene rings is 1. The minimum absolute atomic E-state index is 0.0940. The molecule has 0 bridgehead atoms. The highest BCUT2D eigenvalue weighted by Crippen LogP contribution is 2.43. The molecule has 2 aromatic rings. The fraction of sp³-hybridized carbons (Fsp3) is 0.450. The summed E-state index contributed by atoms with van der Waals surface area (Å²) in [4.78, 5) is 23.1. The molecule has 1 aromatic carbocycles. The molecule has 0 N–H and O–H groups in total. The molecule has 2 fully saturated rings. The normalized spacial score (nSPS) is 25.0. The van der Waals surface area contributed by atoms with Gasteiger partial charge in [0.05, 0.1) is 5.69 Å². The molecular weight excluding hydrogens is 314 g/mol. The molecule has 0 radical (unpaired) electrons. The standard InChI is InChI=1S/C20H23N3O2/c24-20(14-25-18-4-2-1-3-5-18)23-12-16-7-6-15(19(16)13-23)10-17-11-21-8-9-22-17/h1-5,8-9,11,15-16,19H,6-7,10,12-14H2/t15-,16-,19-/m1/s1. The van der Waals surface area contributed by atoms with Gasteiger partial charge < -0.3 is 9.64 Å². The summed E-state index contributed by atoms with van der Waals surface area (Å²) >= 11 is 0. The number of hydrogen-bond donors (Lipinski definition) is 0. The number of hydrogen-bond acceptors (Lipinski definition) is 4. The average Bonchev–Trinajstić information content (AvgIpc) is 3.24. The quantitative estimate of drug-likeness (QED) is 0.841. The Morgan fingerprint density at radius 1 is 1.16 bits per heavy atom. The molecule has 5 heteroatoms. The Morgan fingerprint density at radius 3 is 2.84 bits per heavy atom. The Bertz CT molecular complexity index is 707. The van der Waals surface area contributed by atoms with Crippen LogP contribution >= 0.6 is 0 Å². The van der Waals surface area contributed by atoms with Gasteiger partial charge in [0.25, 0.3) is 5.91 Å². The molecule has 5 nitrogen and oxygen atoms in total. The second-order valence-electron chi connectivity index (χ2n) is 7.06. The molecule has 130 valence electrons. The zero-order valence-electron chi connectivity index (χ0n) is 14.3. The lowest BCUT2D eigenvalue weighted by Gasteiger charge is -2.20. The largest absolute Gasteiger partial charge is 0.484 e. The second-order valence-corrected chi connectivity index (χ2v) is 7.06. The van der Waals surface area contributed by atoms with E-state index >= 15 is 0 Å². The monoisotopic (exact) mass is 337 g/mol. The summed E-state index contributed by atoms with van der Waals surface area (Å²) in [6.07, 6.45) is 8.74. The van der Waals surface area contributed by atoms with Crippen LogP contribution < -0.4 is 4.74 Å². The zero-order valence-corrected chi connectivity index (χ0v) is 14.3. The number of rotatable bonds is 5. The van der Waals surface area contributed by atoms with Crippen molar-refractivity contribution in [3.63, 3.8) is 0 Å². The summed E-state index contributed by atoms with van der Waals surface area (Å²) in [5, 5.41) is 0. The number of carbonyl (C=O) groups excluding carboxylic acids is 1. The maximum absolute atomic E-state index is 12.5. The summed E-state index contributed by atoms with van der Waals surface area (Å²) in [5.41, 5.74) is 1.06. The van der Waals surface area contributed by atoms with Crippen molar-refractivity contribution in [1.29, 1.82) is 0 Å². The van der Waals surface area contributed by atoms with Crippen LogP contribution in [0.25, 0.3) is 0 Å². The van der Waals surface area contributed by atoms with Crippen LogP contribution in [-0.2, 0) is 11.2 Å². The highest BCUT2D eigenvalue weighted by Gasteiger charge is 2.43. The van der Waals surface area contributed by atoms with Gasteiger partial charge in [-0.25, -0.2) is 0 Å². The molecule has 25 heavy (non-hydrogen) atoms. The Kier molecular flexibility index (Phi) is 4.63. The number of amides is 1. The molecule has 2 aliphatic rings. The van der Waals surface area contributed by atoms with Crippen molar-refractivity contribution >= 4 is 5.91 Å².